The highest BCUT2D eigenvalue weighted by Gasteiger charge is 2.32. The van der Waals surface area contributed by atoms with Crippen LogP contribution in [-0.2, 0) is 6.54 Å². The van der Waals surface area contributed by atoms with Crippen molar-refractivity contribution in [2.45, 2.75) is 25.4 Å². The standard InChI is InChI=1S/C13H19N3/c1-2-6-14-12(3-1)10-16-8-5-13-11(9-16)4-7-15-13/h1-3,6,11,13,15H,4-5,7-10H2. The van der Waals surface area contributed by atoms with E-state index in [1.807, 2.05) is 12.3 Å². The van der Waals surface area contributed by atoms with E-state index in [1.165, 1.54) is 38.2 Å². The average Bonchev–Trinajstić information content (AvgIpc) is 2.77. The monoisotopic (exact) mass is 217 g/mol. The predicted molar refractivity (Wildman–Crippen MR) is 64.0 cm³/mol. The van der Waals surface area contributed by atoms with Crippen LogP contribution >= 0.6 is 0 Å². The second kappa shape index (κ2) is 4.52. The van der Waals surface area contributed by atoms with E-state index in [0.29, 0.717) is 0 Å². The van der Waals surface area contributed by atoms with Gasteiger partial charge in [0, 0.05) is 31.9 Å². The normalized spacial score (nSPS) is 30.2. The van der Waals surface area contributed by atoms with Gasteiger partial charge in [0.1, 0.15) is 0 Å². The van der Waals surface area contributed by atoms with Gasteiger partial charge in [-0.05, 0) is 37.4 Å². The van der Waals surface area contributed by atoms with Gasteiger partial charge in [0.05, 0.1) is 5.69 Å². The molecule has 2 fully saturated rings. The fourth-order valence-corrected chi connectivity index (χ4v) is 2.99. The Kier molecular flexibility index (Phi) is 2.89. The third kappa shape index (κ3) is 2.11. The summed E-state index contributed by atoms with van der Waals surface area (Å²) >= 11 is 0. The number of nitrogens with one attached hydrogen (secondary N) is 1. The molecule has 1 aromatic rings. The van der Waals surface area contributed by atoms with E-state index in [2.05, 4.69) is 27.3 Å². The van der Waals surface area contributed by atoms with Crippen LogP contribution in [-0.4, -0.2) is 35.6 Å². The Morgan fingerprint density at radius 3 is 3.25 bits per heavy atom. The highest BCUT2D eigenvalue weighted by atomic mass is 15.2. The molecule has 0 saturated carbocycles. The van der Waals surface area contributed by atoms with Gasteiger partial charge in [0.25, 0.3) is 0 Å². The van der Waals surface area contributed by atoms with Gasteiger partial charge < -0.3 is 5.32 Å². The molecule has 3 rings (SSSR count). The topological polar surface area (TPSA) is 28.2 Å². The summed E-state index contributed by atoms with van der Waals surface area (Å²) in [6, 6.07) is 6.97. The molecule has 2 aliphatic rings. The number of likely N-dealkylation sites (tertiary alicyclic amines) is 1. The zero-order chi connectivity index (χ0) is 10.8. The molecule has 3 nitrogen and oxygen atoms in total. The van der Waals surface area contributed by atoms with Crippen LogP contribution in [0.25, 0.3) is 0 Å². The van der Waals surface area contributed by atoms with Crippen LogP contribution in [0.2, 0.25) is 0 Å². The molecule has 2 unspecified atom stereocenters. The van der Waals surface area contributed by atoms with Crippen molar-refractivity contribution < 1.29 is 0 Å². The Morgan fingerprint density at radius 1 is 1.38 bits per heavy atom. The Bertz CT molecular complexity index is 338. The lowest BCUT2D eigenvalue weighted by Crippen LogP contribution is -2.44. The molecule has 86 valence electrons. The summed E-state index contributed by atoms with van der Waals surface area (Å²) in [5.74, 6) is 0.873. The number of pyridine rings is 1. The van der Waals surface area contributed by atoms with Gasteiger partial charge in [-0.3, -0.25) is 9.88 Å². The maximum Gasteiger partial charge on any atom is 0.0543 e. The first-order chi connectivity index (χ1) is 7.92. The number of piperidine rings is 1. The number of hydrogen-bond acceptors (Lipinski definition) is 3. The van der Waals surface area contributed by atoms with E-state index in [-0.39, 0.29) is 0 Å². The summed E-state index contributed by atoms with van der Waals surface area (Å²) < 4.78 is 0. The first-order valence-electron chi connectivity index (χ1n) is 6.27. The number of nitrogens with zero attached hydrogens (tertiary/aromatic N) is 2. The lowest BCUT2D eigenvalue weighted by molar-refractivity contribution is 0.154. The zero-order valence-corrected chi connectivity index (χ0v) is 9.60. The summed E-state index contributed by atoms with van der Waals surface area (Å²) in [4.78, 5) is 6.95. The molecule has 0 bridgehead atoms. The smallest absolute Gasteiger partial charge is 0.0543 e. The highest BCUT2D eigenvalue weighted by Crippen LogP contribution is 2.25. The largest absolute Gasteiger partial charge is 0.314 e. The molecule has 0 aliphatic carbocycles. The van der Waals surface area contributed by atoms with E-state index in [1.54, 1.807) is 0 Å². The van der Waals surface area contributed by atoms with Crippen LogP contribution in [0.15, 0.2) is 24.4 Å². The molecule has 16 heavy (non-hydrogen) atoms. The van der Waals surface area contributed by atoms with Crippen LogP contribution in [0.3, 0.4) is 0 Å². The lowest BCUT2D eigenvalue weighted by atomic mass is 9.93. The molecule has 1 aromatic heterocycles. The van der Waals surface area contributed by atoms with Gasteiger partial charge in [-0.1, -0.05) is 6.07 Å². The summed E-state index contributed by atoms with van der Waals surface area (Å²) in [7, 11) is 0. The summed E-state index contributed by atoms with van der Waals surface area (Å²) in [6.07, 6.45) is 4.54. The minimum absolute atomic E-state index is 0.792. The van der Waals surface area contributed by atoms with Gasteiger partial charge in [-0.25, -0.2) is 0 Å². The highest BCUT2D eigenvalue weighted by molar-refractivity contribution is 5.04. The van der Waals surface area contributed by atoms with E-state index in [0.717, 1.165) is 18.5 Å². The van der Waals surface area contributed by atoms with Crippen molar-refractivity contribution in [3.63, 3.8) is 0 Å². The maximum atomic E-state index is 4.40. The van der Waals surface area contributed by atoms with Crippen LogP contribution in [0.4, 0.5) is 0 Å². The van der Waals surface area contributed by atoms with Crippen LogP contribution in [0, 0.1) is 5.92 Å². The van der Waals surface area contributed by atoms with Gasteiger partial charge in [-0.15, -0.1) is 0 Å². The first-order valence-corrected chi connectivity index (χ1v) is 6.27. The molecular formula is C13H19N3. The van der Waals surface area contributed by atoms with Crippen LogP contribution in [0.5, 0.6) is 0 Å². The summed E-state index contributed by atoms with van der Waals surface area (Å²) in [5, 5.41) is 3.60. The quantitative estimate of drug-likeness (QED) is 0.808. The minimum atomic E-state index is 0.792. The van der Waals surface area contributed by atoms with Crippen LogP contribution < -0.4 is 5.32 Å². The van der Waals surface area contributed by atoms with Crippen molar-refractivity contribution in [2.24, 2.45) is 5.92 Å². The second-order valence-corrected chi connectivity index (χ2v) is 4.95. The van der Waals surface area contributed by atoms with Crippen molar-refractivity contribution in [1.82, 2.24) is 15.2 Å². The number of fused-ring (bicyclic) bond motifs is 1. The molecule has 0 aromatic carbocycles. The molecule has 0 amide bonds. The van der Waals surface area contributed by atoms with E-state index < -0.39 is 0 Å². The molecule has 3 heterocycles. The molecule has 1 N–H and O–H groups in total. The summed E-state index contributed by atoms with van der Waals surface area (Å²) in [6.45, 7) is 4.69. The van der Waals surface area contributed by atoms with Crippen molar-refractivity contribution in [3.8, 4) is 0 Å². The molecule has 2 atom stereocenters. The number of hydrogen-bond donors (Lipinski definition) is 1. The molecule has 3 heteroatoms. The Hall–Kier alpha value is -0.930. The molecule has 2 aliphatic heterocycles. The fraction of sp³-hybridized carbons (Fsp3) is 0.615. The first kappa shape index (κ1) is 10.2. The zero-order valence-electron chi connectivity index (χ0n) is 9.60. The van der Waals surface area contributed by atoms with Crippen molar-refractivity contribution >= 4 is 0 Å². The van der Waals surface area contributed by atoms with Crippen molar-refractivity contribution in [2.75, 3.05) is 19.6 Å². The third-order valence-corrected chi connectivity index (χ3v) is 3.85. The molecule has 2 saturated heterocycles. The second-order valence-electron chi connectivity index (χ2n) is 4.95. The summed E-state index contributed by atoms with van der Waals surface area (Å²) in [5.41, 5.74) is 1.20. The van der Waals surface area contributed by atoms with Gasteiger partial charge >= 0.3 is 0 Å². The van der Waals surface area contributed by atoms with Crippen LogP contribution in [0.1, 0.15) is 18.5 Å². The minimum Gasteiger partial charge on any atom is -0.314 e. The number of rotatable bonds is 2. The van der Waals surface area contributed by atoms with Gasteiger partial charge in [0.2, 0.25) is 0 Å². The molecule has 0 radical (unpaired) electrons. The van der Waals surface area contributed by atoms with E-state index >= 15 is 0 Å². The number of aromatic nitrogens is 1. The predicted octanol–water partition coefficient (Wildman–Crippen LogP) is 1.27. The lowest BCUT2D eigenvalue weighted by Gasteiger charge is -2.34. The average molecular weight is 217 g/mol. The van der Waals surface area contributed by atoms with Gasteiger partial charge in [-0.2, -0.15) is 0 Å². The fourth-order valence-electron chi connectivity index (χ4n) is 2.99. The Balaban J connectivity index is 1.60. The van der Waals surface area contributed by atoms with Crippen molar-refractivity contribution in [3.05, 3.63) is 30.1 Å². The van der Waals surface area contributed by atoms with Gasteiger partial charge in [0.15, 0.2) is 0 Å². The third-order valence-electron chi connectivity index (χ3n) is 3.85. The SMILES string of the molecule is c1ccc(CN2CCC3NCCC3C2)nc1. The maximum absolute atomic E-state index is 4.40. The Labute approximate surface area is 96.9 Å². The van der Waals surface area contributed by atoms with E-state index in [4.69, 9.17) is 0 Å². The van der Waals surface area contributed by atoms with Crippen molar-refractivity contribution in [1.29, 1.82) is 0 Å². The Morgan fingerprint density at radius 2 is 2.38 bits per heavy atom. The molecular weight excluding hydrogens is 198 g/mol. The van der Waals surface area contributed by atoms with E-state index in [9.17, 15) is 0 Å². The molecule has 0 spiro atoms.